The molecule has 0 bridgehead atoms. The Kier molecular flexibility index (Phi) is 5.51. The zero-order valence-electron chi connectivity index (χ0n) is 15.7. The van der Waals surface area contributed by atoms with Crippen molar-refractivity contribution in [3.63, 3.8) is 0 Å². The van der Waals surface area contributed by atoms with Crippen molar-refractivity contribution in [3.05, 3.63) is 62.5 Å². The molecule has 2 aromatic rings. The van der Waals surface area contributed by atoms with Crippen molar-refractivity contribution in [2.45, 2.75) is 33.4 Å². The number of hydrogen-bond donors (Lipinski definition) is 2. The lowest BCUT2D eigenvalue weighted by molar-refractivity contribution is -0.136. The maximum absolute atomic E-state index is 12.2. The number of rotatable bonds is 5. The average Bonchev–Trinajstić information content (AvgIpc) is 3.01. The summed E-state index contributed by atoms with van der Waals surface area (Å²) in [6.45, 7) is 6.14. The molecule has 6 nitrogen and oxygen atoms in total. The van der Waals surface area contributed by atoms with Gasteiger partial charge >= 0.3 is 12.0 Å². The summed E-state index contributed by atoms with van der Waals surface area (Å²) in [6, 6.07) is 8.97. The van der Waals surface area contributed by atoms with Crippen LogP contribution in [-0.4, -0.2) is 19.1 Å². The molecule has 0 saturated carbocycles. The van der Waals surface area contributed by atoms with E-state index in [2.05, 4.69) is 10.6 Å². The zero-order chi connectivity index (χ0) is 19.6. The number of aryl methyl sites for hydroxylation is 2. The third kappa shape index (κ3) is 4.14. The van der Waals surface area contributed by atoms with Crippen LogP contribution in [0.15, 0.2) is 41.6 Å². The minimum absolute atomic E-state index is 0.339. The van der Waals surface area contributed by atoms with Crippen molar-refractivity contribution in [1.29, 1.82) is 0 Å². The van der Waals surface area contributed by atoms with E-state index in [-0.39, 0.29) is 6.03 Å². The van der Waals surface area contributed by atoms with E-state index in [4.69, 9.17) is 9.47 Å². The van der Waals surface area contributed by atoms with Crippen molar-refractivity contribution in [2.24, 2.45) is 0 Å². The van der Waals surface area contributed by atoms with Crippen molar-refractivity contribution in [1.82, 2.24) is 10.6 Å². The second kappa shape index (κ2) is 7.84. The molecule has 0 fully saturated rings. The Bertz CT molecular complexity index is 899. The van der Waals surface area contributed by atoms with Gasteiger partial charge < -0.3 is 20.1 Å². The summed E-state index contributed by atoms with van der Waals surface area (Å²) in [6.07, 6.45) is 0. The summed E-state index contributed by atoms with van der Waals surface area (Å²) >= 11 is 1.53. The molecular weight excluding hydrogens is 364 g/mol. The molecule has 2 N–H and O–H groups in total. The number of benzene rings is 1. The number of methoxy groups -OCH3 is 1. The minimum atomic E-state index is -0.539. The molecular formula is C20H22N2O4S. The lowest BCUT2D eigenvalue weighted by atomic mass is 10.0. The van der Waals surface area contributed by atoms with Gasteiger partial charge in [-0.25, -0.2) is 9.59 Å². The normalized spacial score (nSPS) is 16.6. The van der Waals surface area contributed by atoms with Crippen LogP contribution >= 0.6 is 11.3 Å². The van der Waals surface area contributed by atoms with Crippen molar-refractivity contribution in [2.75, 3.05) is 7.11 Å². The predicted octanol–water partition coefficient (Wildman–Crippen LogP) is 3.74. The van der Waals surface area contributed by atoms with Gasteiger partial charge in [0.05, 0.1) is 18.7 Å². The molecule has 0 spiro atoms. The van der Waals surface area contributed by atoms with Crippen LogP contribution in [-0.2, 0) is 16.1 Å². The number of carbonyl (C=O) groups is 2. The van der Waals surface area contributed by atoms with Gasteiger partial charge in [-0.1, -0.05) is 17.7 Å². The van der Waals surface area contributed by atoms with E-state index in [0.717, 1.165) is 21.1 Å². The summed E-state index contributed by atoms with van der Waals surface area (Å²) in [5.74, 6) is 0.336. The monoisotopic (exact) mass is 386 g/mol. The summed E-state index contributed by atoms with van der Waals surface area (Å²) in [5.41, 5.74) is 3.10. The van der Waals surface area contributed by atoms with Gasteiger partial charge in [-0.05, 0) is 39.0 Å². The second-order valence-electron chi connectivity index (χ2n) is 6.39. The third-order valence-electron chi connectivity index (χ3n) is 4.41. The number of nitrogens with one attached hydrogen (secondary N) is 2. The predicted molar refractivity (Wildman–Crippen MR) is 104 cm³/mol. The smallest absolute Gasteiger partial charge is 0.338 e. The van der Waals surface area contributed by atoms with E-state index in [1.54, 1.807) is 6.92 Å². The van der Waals surface area contributed by atoms with Gasteiger partial charge in [0, 0.05) is 21.0 Å². The van der Waals surface area contributed by atoms with E-state index >= 15 is 0 Å². The lowest BCUT2D eigenvalue weighted by Crippen LogP contribution is -2.45. The highest BCUT2D eigenvalue weighted by molar-refractivity contribution is 7.12. The standard InChI is InChI=1S/C20H22N2O4S/c1-11-5-7-15(8-6-11)26-10-14-9-16(27-13(14)3)18-17(19(23)25-4)12(2)21-20(24)22-18/h5-9,18H,10H2,1-4H3,(H2,21,22,24). The van der Waals surface area contributed by atoms with Gasteiger partial charge in [-0.15, -0.1) is 11.3 Å². The number of esters is 1. The summed E-state index contributed by atoms with van der Waals surface area (Å²) in [7, 11) is 1.33. The highest BCUT2D eigenvalue weighted by atomic mass is 32.1. The topological polar surface area (TPSA) is 76.7 Å². The van der Waals surface area contributed by atoms with Crippen LogP contribution in [0.25, 0.3) is 0 Å². The molecule has 0 saturated heterocycles. The van der Waals surface area contributed by atoms with Gasteiger partial charge in [0.25, 0.3) is 0 Å². The summed E-state index contributed by atoms with van der Waals surface area (Å²) < 4.78 is 10.8. The van der Waals surface area contributed by atoms with Gasteiger partial charge in [-0.3, -0.25) is 0 Å². The van der Waals surface area contributed by atoms with E-state index in [1.165, 1.54) is 24.0 Å². The average molecular weight is 386 g/mol. The number of hydrogen-bond acceptors (Lipinski definition) is 5. The third-order valence-corrected chi connectivity index (χ3v) is 5.57. The second-order valence-corrected chi connectivity index (χ2v) is 7.68. The molecule has 7 heteroatoms. The molecule has 1 aliphatic heterocycles. The zero-order valence-corrected chi connectivity index (χ0v) is 16.5. The summed E-state index contributed by atoms with van der Waals surface area (Å²) in [5, 5.41) is 5.44. The van der Waals surface area contributed by atoms with Crippen LogP contribution < -0.4 is 15.4 Å². The molecule has 142 valence electrons. The van der Waals surface area contributed by atoms with E-state index in [1.807, 2.05) is 44.2 Å². The van der Waals surface area contributed by atoms with Crippen LogP contribution in [0.3, 0.4) is 0 Å². The van der Waals surface area contributed by atoms with Crippen molar-refractivity contribution >= 4 is 23.3 Å². The quantitative estimate of drug-likeness (QED) is 0.768. The molecule has 2 heterocycles. The van der Waals surface area contributed by atoms with Gasteiger partial charge in [0.15, 0.2) is 0 Å². The number of carbonyl (C=O) groups excluding carboxylic acids is 2. The Hall–Kier alpha value is -2.80. The molecule has 27 heavy (non-hydrogen) atoms. The van der Waals surface area contributed by atoms with E-state index in [0.29, 0.717) is 17.9 Å². The largest absolute Gasteiger partial charge is 0.489 e. The maximum atomic E-state index is 12.2. The SMILES string of the molecule is COC(=O)C1=C(C)NC(=O)NC1c1cc(COc2ccc(C)cc2)c(C)s1. The fourth-order valence-corrected chi connectivity index (χ4v) is 4.01. The van der Waals surface area contributed by atoms with Crippen LogP contribution in [0.5, 0.6) is 5.75 Å². The number of thiophene rings is 1. The van der Waals surface area contributed by atoms with Crippen LogP contribution in [0, 0.1) is 13.8 Å². The van der Waals surface area contributed by atoms with Crippen LogP contribution in [0.1, 0.15) is 33.8 Å². The number of amides is 2. The molecule has 1 aromatic heterocycles. The highest BCUT2D eigenvalue weighted by Gasteiger charge is 2.33. The van der Waals surface area contributed by atoms with Gasteiger partial charge in [0.1, 0.15) is 12.4 Å². The maximum Gasteiger partial charge on any atom is 0.338 e. The lowest BCUT2D eigenvalue weighted by Gasteiger charge is -2.26. The van der Waals surface area contributed by atoms with Crippen molar-refractivity contribution < 1.29 is 19.1 Å². The molecule has 1 unspecified atom stereocenters. The highest BCUT2D eigenvalue weighted by Crippen LogP contribution is 2.34. The Labute approximate surface area is 162 Å². The van der Waals surface area contributed by atoms with Crippen molar-refractivity contribution in [3.8, 4) is 5.75 Å². The molecule has 2 amide bonds. The first kappa shape index (κ1) is 19.0. The van der Waals surface area contributed by atoms with Gasteiger partial charge in [0.2, 0.25) is 0 Å². The Morgan fingerprint density at radius 2 is 1.89 bits per heavy atom. The Morgan fingerprint density at radius 1 is 1.19 bits per heavy atom. The minimum Gasteiger partial charge on any atom is -0.489 e. The van der Waals surface area contributed by atoms with Crippen LogP contribution in [0.4, 0.5) is 4.79 Å². The first-order chi connectivity index (χ1) is 12.9. The molecule has 1 aliphatic rings. The molecule has 0 radical (unpaired) electrons. The Morgan fingerprint density at radius 3 is 2.56 bits per heavy atom. The van der Waals surface area contributed by atoms with Gasteiger partial charge in [-0.2, -0.15) is 0 Å². The van der Waals surface area contributed by atoms with E-state index in [9.17, 15) is 9.59 Å². The van der Waals surface area contributed by atoms with Crippen LogP contribution in [0.2, 0.25) is 0 Å². The molecule has 1 atom stereocenters. The first-order valence-electron chi connectivity index (χ1n) is 8.54. The molecule has 3 rings (SSSR count). The Balaban J connectivity index is 1.83. The van der Waals surface area contributed by atoms with E-state index < -0.39 is 12.0 Å². The molecule has 1 aromatic carbocycles. The number of urea groups is 1. The fraction of sp³-hybridized carbons (Fsp3) is 0.300. The molecule has 0 aliphatic carbocycles. The number of ether oxygens (including phenoxy) is 2. The first-order valence-corrected chi connectivity index (χ1v) is 9.36. The number of allylic oxidation sites excluding steroid dienone is 1. The fourth-order valence-electron chi connectivity index (χ4n) is 2.91. The summed E-state index contributed by atoms with van der Waals surface area (Å²) in [4.78, 5) is 26.1.